The Kier molecular flexibility index (Phi) is 4.87. The SMILES string of the molecule is NC(=O)c1ccc(NC(=O)NC2CC3(CCOC3)Oc3ccccc32)cc1Cl. The number of benzene rings is 2. The third-order valence-electron chi connectivity index (χ3n) is 5.06. The maximum absolute atomic E-state index is 12.6. The Morgan fingerprint density at radius 3 is 2.75 bits per heavy atom. The largest absolute Gasteiger partial charge is 0.484 e. The molecule has 1 fully saturated rings. The fourth-order valence-corrected chi connectivity index (χ4v) is 3.97. The molecular weight excluding hydrogens is 382 g/mol. The van der Waals surface area contributed by atoms with Gasteiger partial charge in [0, 0.05) is 24.1 Å². The molecule has 28 heavy (non-hydrogen) atoms. The highest BCUT2D eigenvalue weighted by molar-refractivity contribution is 6.34. The van der Waals surface area contributed by atoms with Crippen molar-refractivity contribution in [2.45, 2.75) is 24.5 Å². The number of primary amides is 1. The second-order valence-electron chi connectivity index (χ2n) is 7.04. The maximum Gasteiger partial charge on any atom is 0.319 e. The van der Waals surface area contributed by atoms with E-state index in [1.54, 1.807) is 6.07 Å². The first kappa shape index (κ1) is 18.6. The number of hydrogen-bond donors (Lipinski definition) is 3. The van der Waals surface area contributed by atoms with Crippen LogP contribution in [0.25, 0.3) is 0 Å². The van der Waals surface area contributed by atoms with E-state index in [9.17, 15) is 9.59 Å². The second kappa shape index (κ2) is 7.33. The number of carbonyl (C=O) groups excluding carboxylic acids is 2. The molecule has 7 nitrogen and oxygen atoms in total. The van der Waals surface area contributed by atoms with E-state index in [0.29, 0.717) is 25.3 Å². The van der Waals surface area contributed by atoms with E-state index in [0.717, 1.165) is 17.7 Å². The van der Waals surface area contributed by atoms with Crippen LogP contribution in [0.5, 0.6) is 5.75 Å². The van der Waals surface area contributed by atoms with Gasteiger partial charge in [-0.3, -0.25) is 4.79 Å². The van der Waals surface area contributed by atoms with Gasteiger partial charge in [0.05, 0.1) is 29.8 Å². The Bertz CT molecular complexity index is 927. The lowest BCUT2D eigenvalue weighted by Gasteiger charge is -2.39. The molecule has 1 spiro atoms. The van der Waals surface area contributed by atoms with Crippen molar-refractivity contribution < 1.29 is 19.1 Å². The number of nitrogens with one attached hydrogen (secondary N) is 2. The van der Waals surface area contributed by atoms with Crippen molar-refractivity contribution in [3.63, 3.8) is 0 Å². The lowest BCUT2D eigenvalue weighted by atomic mass is 9.86. The van der Waals surface area contributed by atoms with Gasteiger partial charge in [0.1, 0.15) is 11.4 Å². The quantitative estimate of drug-likeness (QED) is 0.734. The van der Waals surface area contributed by atoms with E-state index in [4.69, 9.17) is 26.8 Å². The minimum Gasteiger partial charge on any atom is -0.484 e. The second-order valence-corrected chi connectivity index (χ2v) is 7.45. The van der Waals surface area contributed by atoms with Crippen LogP contribution in [0.2, 0.25) is 5.02 Å². The Hall–Kier alpha value is -2.77. The van der Waals surface area contributed by atoms with Gasteiger partial charge in [-0.15, -0.1) is 0 Å². The van der Waals surface area contributed by atoms with E-state index in [-0.39, 0.29) is 22.7 Å². The van der Waals surface area contributed by atoms with Crippen molar-refractivity contribution in [3.8, 4) is 5.75 Å². The molecule has 1 saturated heterocycles. The Morgan fingerprint density at radius 1 is 1.21 bits per heavy atom. The van der Waals surface area contributed by atoms with Gasteiger partial charge in [0.2, 0.25) is 5.91 Å². The number of ether oxygens (including phenoxy) is 2. The Balaban J connectivity index is 1.50. The fraction of sp³-hybridized carbons (Fsp3) is 0.300. The summed E-state index contributed by atoms with van der Waals surface area (Å²) in [7, 11) is 0. The van der Waals surface area contributed by atoms with Crippen LogP contribution in [0.4, 0.5) is 10.5 Å². The van der Waals surface area contributed by atoms with Gasteiger partial charge in [0.15, 0.2) is 0 Å². The first-order chi connectivity index (χ1) is 13.5. The maximum atomic E-state index is 12.6. The zero-order chi connectivity index (χ0) is 19.7. The predicted molar refractivity (Wildman–Crippen MR) is 105 cm³/mol. The third kappa shape index (κ3) is 3.63. The van der Waals surface area contributed by atoms with Crippen molar-refractivity contribution in [3.05, 3.63) is 58.6 Å². The summed E-state index contributed by atoms with van der Waals surface area (Å²) in [5.74, 6) is 0.141. The van der Waals surface area contributed by atoms with Crippen LogP contribution in [0.3, 0.4) is 0 Å². The Labute approximate surface area is 167 Å². The lowest BCUT2D eigenvalue weighted by Crippen LogP contribution is -2.46. The molecule has 146 valence electrons. The monoisotopic (exact) mass is 401 g/mol. The highest BCUT2D eigenvalue weighted by Gasteiger charge is 2.44. The molecule has 0 bridgehead atoms. The number of hydrogen-bond acceptors (Lipinski definition) is 4. The molecule has 0 aliphatic carbocycles. The van der Waals surface area contributed by atoms with E-state index in [1.807, 2.05) is 24.3 Å². The molecule has 0 saturated carbocycles. The molecular formula is C20H20ClN3O4. The van der Waals surface area contributed by atoms with Crippen LogP contribution in [-0.4, -0.2) is 30.8 Å². The van der Waals surface area contributed by atoms with Crippen LogP contribution in [-0.2, 0) is 4.74 Å². The van der Waals surface area contributed by atoms with E-state index >= 15 is 0 Å². The molecule has 2 heterocycles. The van der Waals surface area contributed by atoms with E-state index in [2.05, 4.69) is 10.6 Å². The molecule has 3 amide bonds. The highest BCUT2D eigenvalue weighted by atomic mass is 35.5. The van der Waals surface area contributed by atoms with Crippen molar-refractivity contribution in [2.75, 3.05) is 18.5 Å². The van der Waals surface area contributed by atoms with Gasteiger partial charge in [-0.1, -0.05) is 29.8 Å². The van der Waals surface area contributed by atoms with Gasteiger partial charge in [-0.2, -0.15) is 0 Å². The first-order valence-electron chi connectivity index (χ1n) is 8.98. The van der Waals surface area contributed by atoms with Crippen molar-refractivity contribution in [1.82, 2.24) is 5.32 Å². The zero-order valence-electron chi connectivity index (χ0n) is 15.0. The van der Waals surface area contributed by atoms with E-state index in [1.165, 1.54) is 12.1 Å². The molecule has 4 N–H and O–H groups in total. The number of para-hydroxylation sites is 1. The number of fused-ring (bicyclic) bond motifs is 1. The molecule has 0 aromatic heterocycles. The summed E-state index contributed by atoms with van der Waals surface area (Å²) in [6.07, 6.45) is 1.41. The summed E-state index contributed by atoms with van der Waals surface area (Å²) in [6.45, 7) is 1.15. The van der Waals surface area contributed by atoms with Crippen LogP contribution in [0.1, 0.15) is 34.8 Å². The topological polar surface area (TPSA) is 103 Å². The van der Waals surface area contributed by atoms with Crippen molar-refractivity contribution in [1.29, 1.82) is 0 Å². The number of carbonyl (C=O) groups is 2. The fourth-order valence-electron chi connectivity index (χ4n) is 3.70. The van der Waals surface area contributed by atoms with Crippen LogP contribution in [0.15, 0.2) is 42.5 Å². The van der Waals surface area contributed by atoms with Gasteiger partial charge >= 0.3 is 6.03 Å². The minimum atomic E-state index is -0.621. The van der Waals surface area contributed by atoms with Crippen LogP contribution in [0, 0.1) is 0 Å². The predicted octanol–water partition coefficient (Wildman–Crippen LogP) is 3.24. The summed E-state index contributed by atoms with van der Waals surface area (Å²) in [4.78, 5) is 23.9. The lowest BCUT2D eigenvalue weighted by molar-refractivity contribution is 0.0205. The molecule has 2 aromatic rings. The van der Waals surface area contributed by atoms with E-state index < -0.39 is 11.5 Å². The molecule has 2 aromatic carbocycles. The van der Waals surface area contributed by atoms with Crippen molar-refractivity contribution in [2.24, 2.45) is 5.73 Å². The molecule has 8 heteroatoms. The van der Waals surface area contributed by atoms with Gasteiger partial charge in [0.25, 0.3) is 0 Å². The van der Waals surface area contributed by atoms with Gasteiger partial charge in [-0.05, 0) is 24.3 Å². The molecule has 2 aliphatic rings. The number of amides is 3. The van der Waals surface area contributed by atoms with Crippen LogP contribution >= 0.6 is 11.6 Å². The number of urea groups is 1. The third-order valence-corrected chi connectivity index (χ3v) is 5.37. The number of anilines is 1. The highest BCUT2D eigenvalue weighted by Crippen LogP contribution is 2.43. The first-order valence-corrected chi connectivity index (χ1v) is 9.36. The summed E-state index contributed by atoms with van der Waals surface area (Å²) in [5.41, 5.74) is 6.42. The summed E-state index contributed by atoms with van der Waals surface area (Å²) >= 11 is 6.05. The van der Waals surface area contributed by atoms with Gasteiger partial charge < -0.3 is 25.8 Å². The summed E-state index contributed by atoms with van der Waals surface area (Å²) < 4.78 is 11.7. The average Bonchev–Trinajstić information content (AvgIpc) is 3.08. The normalized spacial score (nSPS) is 23.0. The number of nitrogens with two attached hydrogens (primary N) is 1. The molecule has 4 rings (SSSR count). The zero-order valence-corrected chi connectivity index (χ0v) is 15.8. The molecule has 2 atom stereocenters. The smallest absolute Gasteiger partial charge is 0.319 e. The molecule has 0 radical (unpaired) electrons. The van der Waals surface area contributed by atoms with Crippen molar-refractivity contribution >= 4 is 29.2 Å². The summed E-state index contributed by atoms with van der Waals surface area (Å²) in [6, 6.07) is 11.6. The summed E-state index contributed by atoms with van der Waals surface area (Å²) in [5, 5.41) is 5.94. The van der Waals surface area contributed by atoms with Crippen LogP contribution < -0.4 is 21.1 Å². The molecule has 2 unspecified atom stereocenters. The Morgan fingerprint density at radius 2 is 2.04 bits per heavy atom. The number of rotatable bonds is 3. The minimum absolute atomic E-state index is 0.184. The van der Waals surface area contributed by atoms with Gasteiger partial charge in [-0.25, -0.2) is 4.79 Å². The standard InChI is InChI=1S/C20H20ClN3O4/c21-15-9-12(5-6-13(15)18(22)25)23-19(26)24-16-10-20(7-8-27-11-20)28-17-4-2-1-3-14(16)17/h1-6,9,16H,7-8,10-11H2,(H2,22,25)(H2,23,24,26). The molecule has 2 aliphatic heterocycles. The number of halogens is 1. The average molecular weight is 402 g/mol.